The van der Waals surface area contributed by atoms with E-state index in [1.807, 2.05) is 24.3 Å². The summed E-state index contributed by atoms with van der Waals surface area (Å²) >= 11 is 2.22. The monoisotopic (exact) mass is 357 g/mol. The third-order valence-corrected chi connectivity index (χ3v) is 4.57. The van der Waals surface area contributed by atoms with Gasteiger partial charge >= 0.3 is 0 Å². The topological polar surface area (TPSA) is 29.1 Å². The summed E-state index contributed by atoms with van der Waals surface area (Å²) in [6, 6.07) is 8.09. The highest BCUT2D eigenvalue weighted by atomic mass is 127. The van der Waals surface area contributed by atoms with Gasteiger partial charge in [0.15, 0.2) is 0 Å². The molecule has 0 bridgehead atoms. The highest BCUT2D eigenvalue weighted by molar-refractivity contribution is 14.1. The molecule has 18 heavy (non-hydrogen) atoms. The van der Waals surface area contributed by atoms with Crippen molar-refractivity contribution in [2.75, 3.05) is 0 Å². The van der Waals surface area contributed by atoms with Gasteiger partial charge in [0.05, 0.1) is 5.56 Å². The lowest BCUT2D eigenvalue weighted by Gasteiger charge is -2.32. The van der Waals surface area contributed by atoms with E-state index in [4.69, 9.17) is 0 Å². The van der Waals surface area contributed by atoms with Crippen LogP contribution in [0.3, 0.4) is 0 Å². The Hall–Kier alpha value is -0.580. The maximum absolute atomic E-state index is 12.2. The zero-order valence-electron chi connectivity index (χ0n) is 10.9. The SMILES string of the molecule is CC1CC(C)CC(NC(=O)c2ccccc2I)C1. The first-order valence-corrected chi connectivity index (χ1v) is 7.69. The molecule has 1 N–H and O–H groups in total. The number of carbonyl (C=O) groups is 1. The van der Waals surface area contributed by atoms with Gasteiger partial charge in [0.1, 0.15) is 0 Å². The number of carbonyl (C=O) groups excluding carboxylic acids is 1. The first-order chi connectivity index (χ1) is 8.56. The lowest BCUT2D eigenvalue weighted by atomic mass is 9.80. The Morgan fingerprint density at radius 3 is 2.39 bits per heavy atom. The molecule has 1 fully saturated rings. The summed E-state index contributed by atoms with van der Waals surface area (Å²) in [4.78, 5) is 12.2. The van der Waals surface area contributed by atoms with Crippen LogP contribution in [0.2, 0.25) is 0 Å². The van der Waals surface area contributed by atoms with Gasteiger partial charge in [-0.05, 0) is 65.8 Å². The molecule has 1 aromatic rings. The molecule has 1 saturated carbocycles. The molecule has 98 valence electrons. The smallest absolute Gasteiger partial charge is 0.252 e. The van der Waals surface area contributed by atoms with Crippen LogP contribution in [-0.2, 0) is 0 Å². The third kappa shape index (κ3) is 3.46. The number of rotatable bonds is 2. The van der Waals surface area contributed by atoms with E-state index >= 15 is 0 Å². The zero-order chi connectivity index (χ0) is 13.1. The fraction of sp³-hybridized carbons (Fsp3) is 0.533. The van der Waals surface area contributed by atoms with Crippen LogP contribution < -0.4 is 5.32 Å². The van der Waals surface area contributed by atoms with Crippen molar-refractivity contribution in [1.29, 1.82) is 0 Å². The highest BCUT2D eigenvalue weighted by Gasteiger charge is 2.25. The van der Waals surface area contributed by atoms with Crippen LogP contribution in [0.5, 0.6) is 0 Å². The summed E-state index contributed by atoms with van der Waals surface area (Å²) in [5.74, 6) is 1.51. The molecule has 2 nitrogen and oxygen atoms in total. The lowest BCUT2D eigenvalue weighted by molar-refractivity contribution is 0.0910. The van der Waals surface area contributed by atoms with Crippen LogP contribution in [0, 0.1) is 15.4 Å². The molecule has 1 amide bonds. The molecule has 0 heterocycles. The van der Waals surface area contributed by atoms with E-state index in [0.717, 1.165) is 22.0 Å². The second-order valence-electron chi connectivity index (χ2n) is 5.57. The Kier molecular flexibility index (Phi) is 4.65. The van der Waals surface area contributed by atoms with Gasteiger partial charge < -0.3 is 5.32 Å². The van der Waals surface area contributed by atoms with Crippen molar-refractivity contribution in [3.8, 4) is 0 Å². The molecular weight excluding hydrogens is 337 g/mol. The van der Waals surface area contributed by atoms with Gasteiger partial charge in [0, 0.05) is 9.61 Å². The second-order valence-corrected chi connectivity index (χ2v) is 6.73. The molecule has 0 aliphatic heterocycles. The molecule has 2 atom stereocenters. The molecule has 2 unspecified atom stereocenters. The van der Waals surface area contributed by atoms with E-state index in [0.29, 0.717) is 17.9 Å². The van der Waals surface area contributed by atoms with Gasteiger partial charge in [0.2, 0.25) is 0 Å². The van der Waals surface area contributed by atoms with Crippen LogP contribution in [0.1, 0.15) is 43.5 Å². The summed E-state index contributed by atoms with van der Waals surface area (Å²) < 4.78 is 1.02. The summed E-state index contributed by atoms with van der Waals surface area (Å²) in [6.07, 6.45) is 3.51. The molecule has 2 rings (SSSR count). The average molecular weight is 357 g/mol. The predicted octanol–water partition coefficient (Wildman–Crippen LogP) is 3.85. The number of halogens is 1. The minimum Gasteiger partial charge on any atom is -0.349 e. The molecular formula is C15H20INO. The van der Waals surface area contributed by atoms with Crippen LogP contribution in [0.15, 0.2) is 24.3 Å². The minimum atomic E-state index is 0.0753. The molecule has 1 aromatic carbocycles. The van der Waals surface area contributed by atoms with Crippen molar-refractivity contribution >= 4 is 28.5 Å². The molecule has 1 aliphatic rings. The average Bonchev–Trinajstić information content (AvgIpc) is 2.27. The molecule has 0 spiro atoms. The van der Waals surface area contributed by atoms with Gasteiger partial charge in [-0.2, -0.15) is 0 Å². The molecule has 3 heteroatoms. The molecule has 0 aromatic heterocycles. The Labute approximate surface area is 123 Å². The van der Waals surface area contributed by atoms with Crippen LogP contribution in [0.25, 0.3) is 0 Å². The number of hydrogen-bond donors (Lipinski definition) is 1. The fourth-order valence-corrected chi connectivity index (χ4v) is 3.61. The Balaban J connectivity index is 2.01. The zero-order valence-corrected chi connectivity index (χ0v) is 13.1. The number of nitrogens with one attached hydrogen (secondary N) is 1. The minimum absolute atomic E-state index is 0.0753. The number of amides is 1. The summed E-state index contributed by atoms with van der Waals surface area (Å²) in [6.45, 7) is 4.56. The normalized spacial score (nSPS) is 27.8. The summed E-state index contributed by atoms with van der Waals surface area (Å²) in [5, 5.41) is 3.19. The van der Waals surface area contributed by atoms with Crippen molar-refractivity contribution in [2.45, 2.75) is 39.2 Å². The first kappa shape index (κ1) is 13.8. The molecule has 0 saturated heterocycles. The van der Waals surface area contributed by atoms with Crippen molar-refractivity contribution in [3.63, 3.8) is 0 Å². The Morgan fingerprint density at radius 1 is 1.17 bits per heavy atom. The van der Waals surface area contributed by atoms with Gasteiger partial charge in [-0.1, -0.05) is 26.0 Å². The van der Waals surface area contributed by atoms with Crippen molar-refractivity contribution in [2.24, 2.45) is 11.8 Å². The standard InChI is InChI=1S/C15H20INO/c1-10-7-11(2)9-12(8-10)17-15(18)13-5-3-4-6-14(13)16/h3-6,10-12H,7-9H2,1-2H3,(H,17,18). The number of hydrogen-bond acceptors (Lipinski definition) is 1. The van der Waals surface area contributed by atoms with E-state index in [2.05, 4.69) is 41.8 Å². The second kappa shape index (κ2) is 6.04. The van der Waals surface area contributed by atoms with E-state index in [1.54, 1.807) is 0 Å². The van der Waals surface area contributed by atoms with E-state index < -0.39 is 0 Å². The van der Waals surface area contributed by atoms with E-state index in [1.165, 1.54) is 6.42 Å². The predicted molar refractivity (Wildman–Crippen MR) is 82.6 cm³/mol. The van der Waals surface area contributed by atoms with Crippen LogP contribution in [0.4, 0.5) is 0 Å². The Bertz CT molecular complexity index is 422. The highest BCUT2D eigenvalue weighted by Crippen LogP contribution is 2.28. The van der Waals surface area contributed by atoms with Crippen molar-refractivity contribution in [3.05, 3.63) is 33.4 Å². The number of benzene rings is 1. The van der Waals surface area contributed by atoms with Crippen molar-refractivity contribution < 1.29 is 4.79 Å². The maximum atomic E-state index is 12.2. The summed E-state index contributed by atoms with van der Waals surface area (Å²) in [7, 11) is 0. The van der Waals surface area contributed by atoms with E-state index in [9.17, 15) is 4.79 Å². The lowest BCUT2D eigenvalue weighted by Crippen LogP contribution is -2.40. The molecule has 1 aliphatic carbocycles. The van der Waals surface area contributed by atoms with Crippen LogP contribution >= 0.6 is 22.6 Å². The fourth-order valence-electron chi connectivity index (χ4n) is 2.97. The van der Waals surface area contributed by atoms with E-state index in [-0.39, 0.29) is 5.91 Å². The van der Waals surface area contributed by atoms with Crippen molar-refractivity contribution in [1.82, 2.24) is 5.32 Å². The largest absolute Gasteiger partial charge is 0.349 e. The van der Waals surface area contributed by atoms with Crippen LogP contribution in [-0.4, -0.2) is 11.9 Å². The molecule has 0 radical (unpaired) electrons. The van der Waals surface area contributed by atoms with Gasteiger partial charge in [-0.15, -0.1) is 0 Å². The quantitative estimate of drug-likeness (QED) is 0.801. The van der Waals surface area contributed by atoms with Gasteiger partial charge in [0.25, 0.3) is 5.91 Å². The summed E-state index contributed by atoms with van der Waals surface area (Å²) in [5.41, 5.74) is 0.795. The first-order valence-electron chi connectivity index (χ1n) is 6.61. The van der Waals surface area contributed by atoms with Gasteiger partial charge in [-0.25, -0.2) is 0 Å². The van der Waals surface area contributed by atoms with Gasteiger partial charge in [-0.3, -0.25) is 4.79 Å². The maximum Gasteiger partial charge on any atom is 0.252 e. The Morgan fingerprint density at radius 2 is 1.78 bits per heavy atom. The third-order valence-electron chi connectivity index (χ3n) is 3.63.